The van der Waals surface area contributed by atoms with Crippen LogP contribution in [0, 0.1) is 10.1 Å². The second-order valence-corrected chi connectivity index (χ2v) is 10.5. The molecule has 0 unspecified atom stereocenters. The number of fused-ring (bicyclic) bond motifs is 1. The number of hydrazine groups is 1. The molecular weight excluding hydrogens is 480 g/mol. The molecule has 1 aromatic rings. The van der Waals surface area contributed by atoms with Gasteiger partial charge >= 0.3 is 11.9 Å². The third-order valence-corrected chi connectivity index (χ3v) is 6.45. The van der Waals surface area contributed by atoms with E-state index >= 15 is 0 Å². The Kier molecular flexibility index (Phi) is 9.61. The smallest absolute Gasteiger partial charge is 0.331 e. The van der Waals surface area contributed by atoms with Crippen molar-refractivity contribution in [3.8, 4) is 0 Å². The number of hydrogen-bond donors (Lipinski definition) is 1. The topological polar surface area (TPSA) is 131 Å². The summed E-state index contributed by atoms with van der Waals surface area (Å²) in [5.41, 5.74) is 0.165. The summed E-state index contributed by atoms with van der Waals surface area (Å²) in [5, 5.41) is 17.6. The number of nitro benzene ring substituents is 1. The number of carbonyl (C=O) groups excluding carboxylic acids is 3. The van der Waals surface area contributed by atoms with Crippen LogP contribution in [0.5, 0.6) is 0 Å². The standard InChI is InChI=1S/C26H38N4O7/c1-5-36-24(32)21(15-12-18-10-13-19(14-11-18)30(34)35)27-20-8-6-16-28-17-7-9-22(29(28)23(20)31)25(33)37-26(2,3)4/h10-11,13-14,20-22,27H,5-9,12,15-17H2,1-4H3/t20-,21+,22-/m0/s1. The Hall–Kier alpha value is -3.05. The van der Waals surface area contributed by atoms with Crippen molar-refractivity contribution >= 4 is 23.5 Å². The summed E-state index contributed by atoms with van der Waals surface area (Å²) < 4.78 is 10.9. The maximum atomic E-state index is 13.7. The van der Waals surface area contributed by atoms with Crippen molar-refractivity contribution in [1.82, 2.24) is 15.3 Å². The number of hydrogen-bond acceptors (Lipinski definition) is 9. The van der Waals surface area contributed by atoms with E-state index in [0.717, 1.165) is 18.4 Å². The highest BCUT2D eigenvalue weighted by Gasteiger charge is 2.43. The zero-order valence-corrected chi connectivity index (χ0v) is 22.1. The Morgan fingerprint density at radius 2 is 1.81 bits per heavy atom. The molecule has 3 atom stereocenters. The first-order valence-electron chi connectivity index (χ1n) is 13.0. The van der Waals surface area contributed by atoms with E-state index in [-0.39, 0.29) is 18.2 Å². The minimum atomic E-state index is -0.750. The lowest BCUT2D eigenvalue weighted by atomic mass is 10.0. The molecule has 204 valence electrons. The molecule has 1 amide bonds. The molecule has 2 saturated heterocycles. The molecule has 0 saturated carbocycles. The Bertz CT molecular complexity index is 976. The molecule has 37 heavy (non-hydrogen) atoms. The van der Waals surface area contributed by atoms with E-state index in [9.17, 15) is 24.5 Å². The number of amides is 1. The lowest BCUT2D eigenvalue weighted by molar-refractivity contribution is -0.384. The van der Waals surface area contributed by atoms with Crippen LogP contribution >= 0.6 is 0 Å². The van der Waals surface area contributed by atoms with Gasteiger partial charge in [0.15, 0.2) is 0 Å². The first-order chi connectivity index (χ1) is 17.5. The number of esters is 2. The average molecular weight is 519 g/mol. The third kappa shape index (κ3) is 7.72. The number of nitrogens with one attached hydrogen (secondary N) is 1. The normalized spacial score (nSPS) is 21.5. The van der Waals surface area contributed by atoms with Gasteiger partial charge in [-0.1, -0.05) is 12.1 Å². The van der Waals surface area contributed by atoms with E-state index in [0.29, 0.717) is 38.8 Å². The van der Waals surface area contributed by atoms with Gasteiger partial charge in [0.25, 0.3) is 11.6 Å². The minimum absolute atomic E-state index is 0.00139. The SMILES string of the molecule is CCOC(=O)[C@@H](CCc1ccc([N+](=O)[O-])cc1)N[C@H]1CCCN2CCC[C@@H](C(=O)OC(C)(C)C)N2C1=O. The zero-order chi connectivity index (χ0) is 27.2. The van der Waals surface area contributed by atoms with E-state index in [1.54, 1.807) is 44.8 Å². The summed E-state index contributed by atoms with van der Waals surface area (Å²) in [4.78, 5) is 50.0. The average Bonchev–Trinajstić information content (AvgIpc) is 2.99. The van der Waals surface area contributed by atoms with E-state index in [4.69, 9.17) is 9.47 Å². The molecule has 0 aliphatic carbocycles. The Labute approximate surface area is 217 Å². The van der Waals surface area contributed by atoms with Crippen LogP contribution in [0.3, 0.4) is 0 Å². The number of nitrogens with zero attached hydrogens (tertiary/aromatic N) is 3. The van der Waals surface area contributed by atoms with Gasteiger partial charge in [0.2, 0.25) is 0 Å². The largest absolute Gasteiger partial charge is 0.465 e. The summed E-state index contributed by atoms with van der Waals surface area (Å²) in [5.74, 6) is -1.13. The number of nitro groups is 1. The number of non-ortho nitro benzene ring substituents is 1. The van der Waals surface area contributed by atoms with Crippen molar-refractivity contribution in [2.45, 2.75) is 89.9 Å². The second kappa shape index (κ2) is 12.5. The van der Waals surface area contributed by atoms with Gasteiger partial charge in [-0.15, -0.1) is 0 Å². The van der Waals surface area contributed by atoms with Crippen molar-refractivity contribution in [1.29, 1.82) is 0 Å². The molecule has 1 aromatic carbocycles. The molecule has 2 fully saturated rings. The van der Waals surface area contributed by atoms with Crippen molar-refractivity contribution < 1.29 is 28.8 Å². The van der Waals surface area contributed by atoms with Crippen LogP contribution < -0.4 is 5.32 Å². The molecule has 0 spiro atoms. The van der Waals surface area contributed by atoms with Gasteiger partial charge in [-0.05, 0) is 71.8 Å². The molecule has 1 N–H and O–H groups in total. The summed E-state index contributed by atoms with van der Waals surface area (Å²) in [7, 11) is 0. The molecule has 0 radical (unpaired) electrons. The minimum Gasteiger partial charge on any atom is -0.465 e. The summed E-state index contributed by atoms with van der Waals surface area (Å²) in [6.45, 7) is 8.64. The number of ether oxygens (including phenoxy) is 2. The van der Waals surface area contributed by atoms with Crippen LogP contribution in [0.15, 0.2) is 24.3 Å². The van der Waals surface area contributed by atoms with Gasteiger partial charge < -0.3 is 9.47 Å². The summed E-state index contributed by atoms with van der Waals surface area (Å²) in [6.07, 6.45) is 3.35. The Morgan fingerprint density at radius 1 is 1.16 bits per heavy atom. The molecule has 11 heteroatoms. The highest BCUT2D eigenvalue weighted by molar-refractivity contribution is 5.88. The van der Waals surface area contributed by atoms with E-state index < -0.39 is 40.6 Å². The molecule has 2 heterocycles. The van der Waals surface area contributed by atoms with E-state index in [2.05, 4.69) is 5.32 Å². The highest BCUT2D eigenvalue weighted by atomic mass is 16.6. The van der Waals surface area contributed by atoms with E-state index in [1.807, 2.05) is 5.01 Å². The fourth-order valence-electron chi connectivity index (χ4n) is 4.76. The second-order valence-electron chi connectivity index (χ2n) is 10.5. The van der Waals surface area contributed by atoms with Crippen molar-refractivity contribution in [2.75, 3.05) is 19.7 Å². The van der Waals surface area contributed by atoms with Crippen LogP contribution in [-0.4, -0.2) is 76.2 Å². The first kappa shape index (κ1) is 28.5. The zero-order valence-electron chi connectivity index (χ0n) is 22.1. The van der Waals surface area contributed by atoms with Gasteiger partial charge in [0, 0.05) is 25.2 Å². The Balaban J connectivity index is 1.75. The predicted molar refractivity (Wildman–Crippen MR) is 135 cm³/mol. The van der Waals surface area contributed by atoms with Crippen molar-refractivity contribution in [3.05, 3.63) is 39.9 Å². The maximum absolute atomic E-state index is 13.7. The van der Waals surface area contributed by atoms with Crippen LogP contribution in [0.2, 0.25) is 0 Å². The van der Waals surface area contributed by atoms with Gasteiger partial charge in [-0.2, -0.15) is 0 Å². The van der Waals surface area contributed by atoms with Crippen LogP contribution in [0.25, 0.3) is 0 Å². The van der Waals surface area contributed by atoms with Crippen LogP contribution in [0.1, 0.15) is 65.4 Å². The molecule has 0 bridgehead atoms. The van der Waals surface area contributed by atoms with Gasteiger partial charge in [-0.25, -0.2) is 9.80 Å². The summed E-state index contributed by atoms with van der Waals surface area (Å²) in [6, 6.07) is 4.06. The van der Waals surface area contributed by atoms with Crippen molar-refractivity contribution in [2.24, 2.45) is 0 Å². The predicted octanol–water partition coefficient (Wildman–Crippen LogP) is 2.76. The monoisotopic (exact) mass is 518 g/mol. The number of rotatable bonds is 9. The van der Waals surface area contributed by atoms with Gasteiger partial charge in [0.05, 0.1) is 17.6 Å². The lowest BCUT2D eigenvalue weighted by Gasteiger charge is -2.43. The van der Waals surface area contributed by atoms with Crippen LogP contribution in [-0.2, 0) is 30.3 Å². The molecule has 2 aliphatic heterocycles. The number of benzene rings is 1. The van der Waals surface area contributed by atoms with Gasteiger partial charge in [-0.3, -0.25) is 30.0 Å². The fourth-order valence-corrected chi connectivity index (χ4v) is 4.76. The molecule has 11 nitrogen and oxygen atoms in total. The molecule has 3 rings (SSSR count). The number of aryl methyl sites for hydroxylation is 1. The fraction of sp³-hybridized carbons (Fsp3) is 0.654. The molecule has 0 aromatic heterocycles. The first-order valence-corrected chi connectivity index (χ1v) is 13.0. The molecular formula is C26H38N4O7. The third-order valence-electron chi connectivity index (χ3n) is 6.45. The lowest BCUT2D eigenvalue weighted by Crippen LogP contribution is -2.62. The summed E-state index contributed by atoms with van der Waals surface area (Å²) >= 11 is 0. The van der Waals surface area contributed by atoms with Gasteiger partial charge in [0.1, 0.15) is 17.7 Å². The van der Waals surface area contributed by atoms with Crippen LogP contribution in [0.4, 0.5) is 5.69 Å². The highest BCUT2D eigenvalue weighted by Crippen LogP contribution is 2.26. The quantitative estimate of drug-likeness (QED) is 0.298. The molecule has 2 aliphatic rings. The van der Waals surface area contributed by atoms with Crippen molar-refractivity contribution in [3.63, 3.8) is 0 Å². The maximum Gasteiger partial charge on any atom is 0.331 e. The Morgan fingerprint density at radius 3 is 2.41 bits per heavy atom. The number of carbonyl (C=O) groups is 3. The van der Waals surface area contributed by atoms with E-state index in [1.165, 1.54) is 12.1 Å².